The summed E-state index contributed by atoms with van der Waals surface area (Å²) in [5, 5.41) is 0.436. The Hall–Kier alpha value is -0.800. The Morgan fingerprint density at radius 2 is 2.18 bits per heavy atom. The maximum absolute atomic E-state index is 11.6. The highest BCUT2D eigenvalue weighted by Crippen LogP contribution is 2.20. The molecule has 1 aromatic heterocycles. The lowest BCUT2D eigenvalue weighted by atomic mass is 10.1. The first-order valence-electron chi connectivity index (χ1n) is 5.49. The molecule has 0 atom stereocenters. The Labute approximate surface area is 111 Å². The second-order valence-corrected chi connectivity index (χ2v) is 4.93. The van der Waals surface area contributed by atoms with Gasteiger partial charge in [-0.1, -0.05) is 37.0 Å². The summed E-state index contributed by atoms with van der Waals surface area (Å²) in [6.07, 6.45) is 3.25. The molecule has 0 fully saturated rings. The molecule has 0 saturated heterocycles. The van der Waals surface area contributed by atoms with Gasteiger partial charge in [0, 0.05) is 6.20 Å². The lowest BCUT2D eigenvalue weighted by Crippen LogP contribution is -2.07. The summed E-state index contributed by atoms with van der Waals surface area (Å²) in [6, 6.07) is 1.46. The molecule has 0 N–H and O–H groups in total. The molecular weight excluding hydrogens is 261 g/mol. The van der Waals surface area contributed by atoms with E-state index in [4.69, 9.17) is 27.9 Å². The average molecular weight is 276 g/mol. The van der Waals surface area contributed by atoms with Crippen molar-refractivity contribution in [1.82, 2.24) is 4.98 Å². The highest BCUT2D eigenvalue weighted by Gasteiger charge is 2.10. The highest BCUT2D eigenvalue weighted by atomic mass is 35.5. The van der Waals surface area contributed by atoms with Gasteiger partial charge in [-0.05, 0) is 24.8 Å². The lowest BCUT2D eigenvalue weighted by Gasteiger charge is -2.06. The molecule has 3 nitrogen and oxygen atoms in total. The molecule has 0 aliphatic heterocycles. The second-order valence-electron chi connectivity index (χ2n) is 4.17. The van der Waals surface area contributed by atoms with Crippen LogP contribution in [0, 0.1) is 5.92 Å². The molecular formula is C12H15Cl2NO2. The predicted octanol–water partition coefficient (Wildman–Crippen LogP) is 3.98. The highest BCUT2D eigenvalue weighted by molar-refractivity contribution is 6.41. The SMILES string of the molecule is CC(C)CCCOC(=O)c1cnc(Cl)c(Cl)c1. The number of nitrogens with zero attached hydrogens (tertiary/aromatic N) is 1. The maximum atomic E-state index is 11.6. The predicted molar refractivity (Wildman–Crippen MR) is 68.6 cm³/mol. The van der Waals surface area contributed by atoms with Crippen molar-refractivity contribution in [1.29, 1.82) is 0 Å². The monoisotopic (exact) mass is 275 g/mol. The van der Waals surface area contributed by atoms with E-state index in [0.717, 1.165) is 12.8 Å². The summed E-state index contributed by atoms with van der Waals surface area (Å²) in [4.78, 5) is 15.4. The second kappa shape index (κ2) is 6.82. The number of halogens is 2. The van der Waals surface area contributed by atoms with Crippen LogP contribution in [0.25, 0.3) is 0 Å². The maximum Gasteiger partial charge on any atom is 0.339 e. The summed E-state index contributed by atoms with van der Waals surface area (Å²) in [6.45, 7) is 4.67. The molecule has 0 aliphatic carbocycles. The van der Waals surface area contributed by atoms with E-state index >= 15 is 0 Å². The van der Waals surface area contributed by atoms with Crippen molar-refractivity contribution in [2.75, 3.05) is 6.61 Å². The molecule has 0 aromatic carbocycles. The number of pyridine rings is 1. The van der Waals surface area contributed by atoms with E-state index in [9.17, 15) is 4.79 Å². The van der Waals surface area contributed by atoms with Crippen LogP contribution < -0.4 is 0 Å². The summed E-state index contributed by atoms with van der Waals surface area (Å²) in [7, 11) is 0. The summed E-state index contributed by atoms with van der Waals surface area (Å²) in [5.74, 6) is 0.195. The van der Waals surface area contributed by atoms with Crippen molar-refractivity contribution in [3.8, 4) is 0 Å². The molecule has 17 heavy (non-hydrogen) atoms. The van der Waals surface area contributed by atoms with Crippen LogP contribution in [0.15, 0.2) is 12.3 Å². The average Bonchev–Trinajstić information content (AvgIpc) is 2.27. The van der Waals surface area contributed by atoms with Gasteiger partial charge >= 0.3 is 5.97 Å². The van der Waals surface area contributed by atoms with E-state index in [1.807, 2.05) is 0 Å². The third-order valence-corrected chi connectivity index (χ3v) is 2.88. The summed E-state index contributed by atoms with van der Waals surface area (Å²) in [5.41, 5.74) is 0.323. The van der Waals surface area contributed by atoms with Crippen LogP contribution in [-0.2, 0) is 4.74 Å². The molecule has 0 amide bonds. The van der Waals surface area contributed by atoms with Gasteiger partial charge in [0.1, 0.15) is 5.15 Å². The fraction of sp³-hybridized carbons (Fsp3) is 0.500. The third kappa shape index (κ3) is 4.92. The Kier molecular flexibility index (Phi) is 5.72. The van der Waals surface area contributed by atoms with Crippen molar-refractivity contribution in [3.05, 3.63) is 28.0 Å². The van der Waals surface area contributed by atoms with Crippen molar-refractivity contribution in [3.63, 3.8) is 0 Å². The first-order valence-corrected chi connectivity index (χ1v) is 6.24. The first kappa shape index (κ1) is 14.3. The fourth-order valence-corrected chi connectivity index (χ4v) is 1.54. The third-order valence-electron chi connectivity index (χ3n) is 2.19. The van der Waals surface area contributed by atoms with Crippen LogP contribution in [0.1, 0.15) is 37.0 Å². The molecule has 1 heterocycles. The van der Waals surface area contributed by atoms with Gasteiger partial charge in [0.05, 0.1) is 17.2 Å². The number of rotatable bonds is 5. The molecule has 1 aromatic rings. The number of hydrogen-bond donors (Lipinski definition) is 0. The van der Waals surface area contributed by atoms with Crippen LogP contribution in [0.2, 0.25) is 10.2 Å². The number of carbonyl (C=O) groups excluding carboxylic acids is 1. The Morgan fingerprint density at radius 1 is 1.47 bits per heavy atom. The van der Waals surface area contributed by atoms with Gasteiger partial charge in [0.15, 0.2) is 0 Å². The van der Waals surface area contributed by atoms with Gasteiger partial charge in [-0.2, -0.15) is 0 Å². The van der Waals surface area contributed by atoms with Gasteiger partial charge in [-0.25, -0.2) is 9.78 Å². The van der Waals surface area contributed by atoms with Crippen LogP contribution in [-0.4, -0.2) is 17.6 Å². The zero-order valence-electron chi connectivity index (χ0n) is 9.87. The van der Waals surface area contributed by atoms with E-state index in [1.54, 1.807) is 0 Å². The van der Waals surface area contributed by atoms with Crippen molar-refractivity contribution < 1.29 is 9.53 Å². The standard InChI is InChI=1S/C12H15Cl2NO2/c1-8(2)4-3-5-17-12(16)9-6-10(13)11(14)15-7-9/h6-8H,3-5H2,1-2H3. The number of hydrogen-bond acceptors (Lipinski definition) is 3. The van der Waals surface area contributed by atoms with Crippen LogP contribution >= 0.6 is 23.2 Å². The zero-order valence-corrected chi connectivity index (χ0v) is 11.4. The molecule has 0 aliphatic rings. The van der Waals surface area contributed by atoms with Crippen LogP contribution in [0.5, 0.6) is 0 Å². The minimum atomic E-state index is -0.417. The van der Waals surface area contributed by atoms with Crippen molar-refractivity contribution in [2.24, 2.45) is 5.92 Å². The normalized spacial score (nSPS) is 10.6. The fourth-order valence-electron chi connectivity index (χ4n) is 1.27. The van der Waals surface area contributed by atoms with E-state index in [-0.39, 0.29) is 10.2 Å². The Balaban J connectivity index is 2.44. The molecule has 0 radical (unpaired) electrons. The van der Waals surface area contributed by atoms with E-state index in [1.165, 1.54) is 12.3 Å². The van der Waals surface area contributed by atoms with Gasteiger partial charge in [0.2, 0.25) is 0 Å². The van der Waals surface area contributed by atoms with Gasteiger partial charge in [0.25, 0.3) is 0 Å². The smallest absolute Gasteiger partial charge is 0.339 e. The molecule has 94 valence electrons. The molecule has 0 bridgehead atoms. The van der Waals surface area contributed by atoms with Crippen molar-refractivity contribution >= 4 is 29.2 Å². The van der Waals surface area contributed by atoms with Gasteiger partial charge < -0.3 is 4.74 Å². The summed E-state index contributed by atoms with van der Waals surface area (Å²) < 4.78 is 5.09. The van der Waals surface area contributed by atoms with Gasteiger partial charge in [-0.3, -0.25) is 0 Å². The first-order chi connectivity index (χ1) is 8.00. The van der Waals surface area contributed by atoms with E-state index in [2.05, 4.69) is 18.8 Å². The van der Waals surface area contributed by atoms with E-state index < -0.39 is 5.97 Å². The minimum absolute atomic E-state index is 0.183. The molecule has 0 spiro atoms. The van der Waals surface area contributed by atoms with Gasteiger partial charge in [-0.15, -0.1) is 0 Å². The van der Waals surface area contributed by atoms with Crippen LogP contribution in [0.4, 0.5) is 0 Å². The molecule has 1 rings (SSSR count). The summed E-state index contributed by atoms with van der Waals surface area (Å²) >= 11 is 11.4. The zero-order chi connectivity index (χ0) is 12.8. The molecule has 0 saturated carbocycles. The quantitative estimate of drug-likeness (QED) is 0.464. The number of esters is 1. The minimum Gasteiger partial charge on any atom is -0.462 e. The Bertz CT molecular complexity index is 394. The number of ether oxygens (including phenoxy) is 1. The largest absolute Gasteiger partial charge is 0.462 e. The molecule has 0 unspecified atom stereocenters. The van der Waals surface area contributed by atoms with E-state index in [0.29, 0.717) is 18.1 Å². The molecule has 5 heteroatoms. The number of carbonyl (C=O) groups is 1. The Morgan fingerprint density at radius 3 is 2.76 bits per heavy atom. The topological polar surface area (TPSA) is 39.2 Å². The number of aromatic nitrogens is 1. The van der Waals surface area contributed by atoms with Crippen LogP contribution in [0.3, 0.4) is 0 Å². The van der Waals surface area contributed by atoms with Crippen molar-refractivity contribution in [2.45, 2.75) is 26.7 Å². The lowest BCUT2D eigenvalue weighted by molar-refractivity contribution is 0.0494.